The van der Waals surface area contributed by atoms with Crippen molar-refractivity contribution in [3.05, 3.63) is 0 Å². The van der Waals surface area contributed by atoms with Gasteiger partial charge in [0.2, 0.25) is 11.8 Å². The van der Waals surface area contributed by atoms with Crippen LogP contribution in [0.5, 0.6) is 0 Å². The Morgan fingerprint density at radius 2 is 1.67 bits per heavy atom. The van der Waals surface area contributed by atoms with Crippen LogP contribution in [0.15, 0.2) is 0 Å². The second-order valence-corrected chi connectivity index (χ2v) is 6.52. The van der Waals surface area contributed by atoms with Gasteiger partial charge in [-0.15, -0.1) is 0 Å². The van der Waals surface area contributed by atoms with Crippen molar-refractivity contribution >= 4 is 11.8 Å². The standard InChI is InChI=1S/C16H28N2O3/c1-3-16(21,4-2)11-17-14(19)12-7-9-18(10-8-12)15(20)13-5-6-13/h12-13,21H,3-11H2,1-2H3,(H,17,19). The van der Waals surface area contributed by atoms with Crippen LogP contribution in [0.25, 0.3) is 0 Å². The molecular formula is C16H28N2O3. The molecule has 1 aliphatic carbocycles. The Hall–Kier alpha value is -1.10. The molecule has 120 valence electrons. The van der Waals surface area contributed by atoms with Gasteiger partial charge < -0.3 is 15.3 Å². The van der Waals surface area contributed by atoms with E-state index in [2.05, 4.69) is 5.32 Å². The molecule has 2 amide bonds. The molecule has 2 N–H and O–H groups in total. The van der Waals surface area contributed by atoms with Crippen molar-refractivity contribution in [3.63, 3.8) is 0 Å². The molecule has 0 unspecified atom stereocenters. The summed E-state index contributed by atoms with van der Waals surface area (Å²) in [4.78, 5) is 26.1. The van der Waals surface area contributed by atoms with E-state index in [1.54, 1.807) is 0 Å². The summed E-state index contributed by atoms with van der Waals surface area (Å²) in [5.41, 5.74) is -0.793. The Kier molecular flexibility index (Phi) is 5.25. The van der Waals surface area contributed by atoms with Gasteiger partial charge in [-0.3, -0.25) is 9.59 Å². The monoisotopic (exact) mass is 296 g/mol. The summed E-state index contributed by atoms with van der Waals surface area (Å²) in [6.07, 6.45) is 4.82. The number of rotatable bonds is 6. The summed E-state index contributed by atoms with van der Waals surface area (Å²) in [5.74, 6) is 0.541. The molecule has 1 saturated carbocycles. The van der Waals surface area contributed by atoms with Crippen LogP contribution in [0.2, 0.25) is 0 Å². The molecule has 0 aromatic heterocycles. The van der Waals surface area contributed by atoms with Gasteiger partial charge in [0, 0.05) is 31.5 Å². The molecule has 1 heterocycles. The number of aliphatic hydroxyl groups is 1. The quantitative estimate of drug-likeness (QED) is 0.776. The fraction of sp³-hybridized carbons (Fsp3) is 0.875. The fourth-order valence-corrected chi connectivity index (χ4v) is 2.85. The average Bonchev–Trinajstić information content (AvgIpc) is 3.36. The summed E-state index contributed by atoms with van der Waals surface area (Å²) in [6.45, 7) is 5.56. The van der Waals surface area contributed by atoms with Gasteiger partial charge in [-0.05, 0) is 38.5 Å². The van der Waals surface area contributed by atoms with Crippen LogP contribution < -0.4 is 5.32 Å². The van der Waals surface area contributed by atoms with Crippen molar-refractivity contribution in [2.45, 2.75) is 58.0 Å². The molecule has 5 nitrogen and oxygen atoms in total. The number of hydrogen-bond acceptors (Lipinski definition) is 3. The molecule has 21 heavy (non-hydrogen) atoms. The van der Waals surface area contributed by atoms with Gasteiger partial charge >= 0.3 is 0 Å². The summed E-state index contributed by atoms with van der Waals surface area (Å²) >= 11 is 0. The van der Waals surface area contributed by atoms with E-state index >= 15 is 0 Å². The van der Waals surface area contributed by atoms with Crippen molar-refractivity contribution in [2.75, 3.05) is 19.6 Å². The summed E-state index contributed by atoms with van der Waals surface area (Å²) < 4.78 is 0. The molecule has 0 spiro atoms. The zero-order valence-electron chi connectivity index (χ0n) is 13.2. The van der Waals surface area contributed by atoms with Gasteiger partial charge in [-0.1, -0.05) is 13.8 Å². The topological polar surface area (TPSA) is 69.6 Å². The number of piperidine rings is 1. The van der Waals surface area contributed by atoms with E-state index < -0.39 is 5.60 Å². The van der Waals surface area contributed by atoms with E-state index in [0.717, 1.165) is 25.7 Å². The zero-order valence-corrected chi connectivity index (χ0v) is 13.2. The summed E-state index contributed by atoms with van der Waals surface area (Å²) in [7, 11) is 0. The maximum Gasteiger partial charge on any atom is 0.225 e. The first-order valence-electron chi connectivity index (χ1n) is 8.28. The van der Waals surface area contributed by atoms with Crippen LogP contribution in [-0.4, -0.2) is 47.1 Å². The molecule has 0 aromatic carbocycles. The first-order chi connectivity index (χ1) is 9.99. The zero-order chi connectivity index (χ0) is 15.5. The molecule has 5 heteroatoms. The Morgan fingerprint density at radius 1 is 1.10 bits per heavy atom. The van der Waals surface area contributed by atoms with Crippen molar-refractivity contribution in [3.8, 4) is 0 Å². The van der Waals surface area contributed by atoms with Crippen LogP contribution in [-0.2, 0) is 9.59 Å². The van der Waals surface area contributed by atoms with Crippen molar-refractivity contribution in [2.24, 2.45) is 11.8 Å². The molecule has 1 saturated heterocycles. The molecule has 2 aliphatic rings. The summed E-state index contributed by atoms with van der Waals surface area (Å²) in [5, 5.41) is 13.1. The lowest BCUT2D eigenvalue weighted by Crippen LogP contribution is -2.47. The second-order valence-electron chi connectivity index (χ2n) is 6.52. The van der Waals surface area contributed by atoms with Gasteiger partial charge in [0.1, 0.15) is 0 Å². The highest BCUT2D eigenvalue weighted by molar-refractivity contribution is 5.82. The molecule has 0 bridgehead atoms. The fourth-order valence-electron chi connectivity index (χ4n) is 2.85. The third-order valence-electron chi connectivity index (χ3n) is 5.01. The maximum atomic E-state index is 12.2. The minimum atomic E-state index is -0.793. The predicted octanol–water partition coefficient (Wildman–Crippen LogP) is 1.30. The van der Waals surface area contributed by atoms with Crippen LogP contribution >= 0.6 is 0 Å². The smallest absolute Gasteiger partial charge is 0.225 e. The van der Waals surface area contributed by atoms with Crippen LogP contribution in [0.3, 0.4) is 0 Å². The van der Waals surface area contributed by atoms with Crippen LogP contribution in [0, 0.1) is 11.8 Å². The minimum Gasteiger partial charge on any atom is -0.388 e. The van der Waals surface area contributed by atoms with Crippen molar-refractivity contribution in [1.29, 1.82) is 0 Å². The normalized spacial score (nSPS) is 20.4. The molecule has 0 radical (unpaired) electrons. The molecule has 2 rings (SSSR count). The minimum absolute atomic E-state index is 0.0220. The van der Waals surface area contributed by atoms with E-state index in [1.165, 1.54) is 0 Å². The number of carbonyl (C=O) groups is 2. The van der Waals surface area contributed by atoms with Gasteiger partial charge in [0.25, 0.3) is 0 Å². The number of carbonyl (C=O) groups excluding carboxylic acids is 2. The highest BCUT2D eigenvalue weighted by atomic mass is 16.3. The van der Waals surface area contributed by atoms with Crippen LogP contribution in [0.1, 0.15) is 52.4 Å². The SMILES string of the molecule is CCC(O)(CC)CNC(=O)C1CCN(C(=O)C2CC2)CC1. The summed E-state index contributed by atoms with van der Waals surface area (Å²) in [6, 6.07) is 0. The predicted molar refractivity (Wildman–Crippen MR) is 80.6 cm³/mol. The molecule has 2 fully saturated rings. The van der Waals surface area contributed by atoms with Crippen molar-refractivity contribution in [1.82, 2.24) is 10.2 Å². The first-order valence-corrected chi connectivity index (χ1v) is 8.28. The molecular weight excluding hydrogens is 268 g/mol. The van der Waals surface area contributed by atoms with E-state index in [0.29, 0.717) is 32.5 Å². The molecule has 0 aromatic rings. The average molecular weight is 296 g/mol. The van der Waals surface area contributed by atoms with Gasteiger partial charge in [0.05, 0.1) is 5.60 Å². The number of likely N-dealkylation sites (tertiary alicyclic amines) is 1. The highest BCUT2D eigenvalue weighted by Gasteiger charge is 2.36. The second kappa shape index (κ2) is 6.77. The lowest BCUT2D eigenvalue weighted by Gasteiger charge is -2.32. The van der Waals surface area contributed by atoms with Crippen LogP contribution in [0.4, 0.5) is 0 Å². The molecule has 0 atom stereocenters. The van der Waals surface area contributed by atoms with Gasteiger partial charge in [-0.25, -0.2) is 0 Å². The number of amides is 2. The van der Waals surface area contributed by atoms with E-state index in [-0.39, 0.29) is 23.7 Å². The van der Waals surface area contributed by atoms with Crippen molar-refractivity contribution < 1.29 is 14.7 Å². The Morgan fingerprint density at radius 3 is 2.14 bits per heavy atom. The lowest BCUT2D eigenvalue weighted by molar-refractivity contribution is -0.137. The number of nitrogens with zero attached hydrogens (tertiary/aromatic N) is 1. The van der Waals surface area contributed by atoms with E-state index in [9.17, 15) is 14.7 Å². The van der Waals surface area contributed by atoms with E-state index in [1.807, 2.05) is 18.7 Å². The Bertz CT molecular complexity index is 381. The first kappa shape index (κ1) is 16.3. The number of nitrogens with one attached hydrogen (secondary N) is 1. The Balaban J connectivity index is 1.73. The molecule has 1 aliphatic heterocycles. The van der Waals surface area contributed by atoms with Gasteiger partial charge in [-0.2, -0.15) is 0 Å². The maximum absolute atomic E-state index is 12.2. The lowest BCUT2D eigenvalue weighted by atomic mass is 9.94. The highest BCUT2D eigenvalue weighted by Crippen LogP contribution is 2.32. The largest absolute Gasteiger partial charge is 0.388 e. The van der Waals surface area contributed by atoms with E-state index in [4.69, 9.17) is 0 Å². The Labute approximate surface area is 127 Å². The van der Waals surface area contributed by atoms with Gasteiger partial charge in [0.15, 0.2) is 0 Å². The third-order valence-corrected chi connectivity index (χ3v) is 5.01. The third kappa shape index (κ3) is 4.19. The number of hydrogen-bond donors (Lipinski definition) is 2.